The second-order valence-corrected chi connectivity index (χ2v) is 9.67. The molecule has 230 valence electrons. The predicted octanol–water partition coefficient (Wildman–Crippen LogP) is 5.26. The van der Waals surface area contributed by atoms with Gasteiger partial charge in [0.15, 0.2) is 0 Å². The van der Waals surface area contributed by atoms with Crippen molar-refractivity contribution in [3.8, 4) is 0 Å². The monoisotopic (exact) mass is 645 g/mol. The van der Waals surface area contributed by atoms with E-state index in [2.05, 4.69) is 16.2 Å². The predicted molar refractivity (Wildman–Crippen MR) is 73.8 cm³/mol. The summed E-state index contributed by atoms with van der Waals surface area (Å²) in [5.74, 6) is -81.5. The molecule has 0 unspecified atom stereocenters. The fourth-order valence-electron chi connectivity index (χ4n) is 2.03. The molecule has 0 aliphatic carbocycles. The molecule has 3 nitrogen and oxygen atoms in total. The van der Waals surface area contributed by atoms with Gasteiger partial charge in [0.1, 0.15) is 0 Å². The molecule has 0 radical (unpaired) electrons. The van der Waals surface area contributed by atoms with Crippen LogP contribution in [0.25, 0.3) is 0 Å². The van der Waals surface area contributed by atoms with E-state index >= 15 is 0 Å². The maximum Gasteiger partial charge on any atom is 0.460 e. The normalized spacial score (nSPS) is 17.2. The van der Waals surface area contributed by atoms with E-state index in [1.807, 2.05) is 0 Å². The minimum atomic E-state index is -9.45. The molecule has 0 aliphatic heterocycles. The first-order valence-corrected chi connectivity index (χ1v) is 10.2. The van der Waals surface area contributed by atoms with Gasteiger partial charge < -0.3 is 16.2 Å². The van der Waals surface area contributed by atoms with E-state index in [9.17, 15) is 101 Å². The molecule has 0 aromatic rings. The summed E-state index contributed by atoms with van der Waals surface area (Å²) in [6.45, 7) is 0. The summed E-state index contributed by atoms with van der Waals surface area (Å²) in [6.07, 6.45) is -8.11. The van der Waals surface area contributed by atoms with Crippen molar-refractivity contribution in [3.05, 3.63) is 0 Å². The summed E-state index contributed by atoms with van der Waals surface area (Å²) in [5, 5.41) is 11.9. The molecule has 0 spiro atoms. The first kappa shape index (κ1) is 36.5. The Bertz CT molecular complexity index is 810. The van der Waals surface area contributed by atoms with Crippen LogP contribution in [-0.2, 0) is 0 Å². The van der Waals surface area contributed by atoms with Gasteiger partial charge in [0.2, 0.25) is 0 Å². The Hall–Kier alpha value is -1.51. The van der Waals surface area contributed by atoms with Crippen molar-refractivity contribution < 1.29 is 101 Å². The molecule has 0 saturated carbocycles. The van der Waals surface area contributed by atoms with Crippen LogP contribution < -0.4 is 16.2 Å². The van der Waals surface area contributed by atoms with Gasteiger partial charge >= 0.3 is 73.6 Å². The number of rotatable bonds is 10. The van der Waals surface area contributed by atoms with Gasteiger partial charge in [0, 0.05) is 0 Å². The molecule has 0 aromatic heterocycles. The van der Waals surface area contributed by atoms with Gasteiger partial charge in [-0.1, -0.05) is 0 Å². The van der Waals surface area contributed by atoms with Crippen LogP contribution in [-0.4, -0.2) is 73.6 Å². The van der Waals surface area contributed by atoms with Crippen LogP contribution >= 0.6 is 0 Å². The van der Waals surface area contributed by atoms with E-state index in [0.29, 0.717) is 0 Å². The Labute approximate surface area is 192 Å². The van der Waals surface area contributed by atoms with Gasteiger partial charge in [-0.2, -0.15) is 101 Å². The molecule has 0 amide bonds. The van der Waals surface area contributed by atoms with Gasteiger partial charge in [-0.05, 0) is 0 Å². The summed E-state index contributed by atoms with van der Waals surface area (Å²) < 4.78 is 302. The van der Waals surface area contributed by atoms with Gasteiger partial charge in [0.25, 0.3) is 0 Å². The maximum absolute atomic E-state index is 13.5. The van der Waals surface area contributed by atoms with Crippen molar-refractivity contribution in [1.82, 2.24) is 0 Å². The molecule has 0 aliphatic rings. The summed E-state index contributed by atoms with van der Waals surface area (Å²) in [7, 11) is -6.83. The van der Waals surface area contributed by atoms with Crippen LogP contribution in [0.2, 0.25) is 0 Å². The summed E-state index contributed by atoms with van der Waals surface area (Å²) in [5.41, 5.74) is -7.20. The molecule has 27 heteroatoms. The van der Waals surface area contributed by atoms with E-state index in [-0.39, 0.29) is 0 Å². The number of hydrogen-bond acceptors (Lipinski definition) is 3. The molecule has 0 aromatic carbocycles. The van der Waals surface area contributed by atoms with Gasteiger partial charge in [-0.25, -0.2) is 0 Å². The number of halogens is 23. The lowest BCUT2D eigenvalue weighted by Gasteiger charge is -2.45. The average molecular weight is 645 g/mol. The second kappa shape index (κ2) is 8.49. The van der Waals surface area contributed by atoms with Crippen LogP contribution in [0.5, 0.6) is 0 Å². The van der Waals surface area contributed by atoms with Crippen molar-refractivity contribution in [1.29, 1.82) is 0 Å². The molecule has 0 rings (SSSR count). The molecule has 0 bridgehead atoms. The topological polar surface area (TPSA) is 78.1 Å². The Balaban J connectivity index is 7.29. The zero-order valence-electron chi connectivity index (χ0n) is 16.4. The zero-order valence-corrected chi connectivity index (χ0v) is 17.4. The second-order valence-electron chi connectivity index (χ2n) is 7.17. The Morgan fingerprint density at radius 1 is 0.263 bits per heavy atom. The highest BCUT2D eigenvalue weighted by Crippen LogP contribution is 2.67. The molecular formula is C11H6F23N3Si. The van der Waals surface area contributed by atoms with Gasteiger partial charge in [0.05, 0.1) is 0 Å². The maximum atomic E-state index is 13.5. The fourth-order valence-corrected chi connectivity index (χ4v) is 2.73. The third kappa shape index (κ3) is 4.07. The third-order valence-corrected chi connectivity index (χ3v) is 5.85. The Morgan fingerprint density at radius 2 is 0.421 bits per heavy atom. The lowest BCUT2D eigenvalue weighted by atomic mass is 9.86. The standard InChI is InChI=1S/C11H6F23N3Si/c12-1(13,2(14,15)4(18,19)6(22,23)8(26,27)10(30,31)32)3(16,17)5(20,21)7(24,25)9(28,29)11(33,34)38(35,36)37/h35-37H2. The van der Waals surface area contributed by atoms with E-state index in [4.69, 9.17) is 0 Å². The quantitative estimate of drug-likeness (QED) is 0.225. The van der Waals surface area contributed by atoms with Crippen LogP contribution in [0, 0.1) is 0 Å². The van der Waals surface area contributed by atoms with Crippen molar-refractivity contribution >= 4 is 8.56 Å². The molecule has 38 heavy (non-hydrogen) atoms. The molecule has 6 N–H and O–H groups in total. The van der Waals surface area contributed by atoms with Crippen molar-refractivity contribution in [2.75, 3.05) is 0 Å². The molecule has 0 heterocycles. The van der Waals surface area contributed by atoms with Crippen molar-refractivity contribution in [2.24, 2.45) is 16.2 Å². The Morgan fingerprint density at radius 3 is 0.579 bits per heavy atom. The third-order valence-electron chi connectivity index (χ3n) is 4.45. The van der Waals surface area contributed by atoms with Gasteiger partial charge in [-0.3, -0.25) is 0 Å². The van der Waals surface area contributed by atoms with Gasteiger partial charge in [-0.15, -0.1) is 0 Å². The average Bonchev–Trinajstić information content (AvgIpc) is 2.64. The molecule has 0 atom stereocenters. The minimum absolute atomic E-state index is 3.97. The smallest absolute Gasteiger partial charge is 0.323 e. The highest BCUT2D eigenvalue weighted by atomic mass is 28.4. The molecule has 0 saturated heterocycles. The van der Waals surface area contributed by atoms with Crippen molar-refractivity contribution in [2.45, 2.75) is 65.0 Å². The Kier molecular flexibility index (Phi) is 8.16. The summed E-state index contributed by atoms with van der Waals surface area (Å²) >= 11 is 0. The lowest BCUT2D eigenvalue weighted by molar-refractivity contribution is -0.477. The van der Waals surface area contributed by atoms with Crippen LogP contribution in [0.15, 0.2) is 0 Å². The fraction of sp³-hybridized carbons (Fsp3) is 1.00. The molecule has 0 fully saturated rings. The highest BCUT2D eigenvalue weighted by Gasteiger charge is 2.99. The first-order valence-electron chi connectivity index (χ1n) is 7.96. The largest absolute Gasteiger partial charge is 0.460 e. The lowest BCUT2D eigenvalue weighted by Crippen LogP contribution is -2.85. The number of nitrogens with two attached hydrogens (primary N) is 3. The number of alkyl halides is 23. The summed E-state index contributed by atoms with van der Waals surface area (Å²) in [4.78, 5) is 0. The number of hydrogen-bond donors (Lipinski definition) is 3. The van der Waals surface area contributed by atoms with E-state index in [1.54, 1.807) is 0 Å². The van der Waals surface area contributed by atoms with Crippen LogP contribution in [0.4, 0.5) is 101 Å². The zero-order chi connectivity index (χ0) is 32.0. The van der Waals surface area contributed by atoms with Crippen LogP contribution in [0.1, 0.15) is 0 Å². The van der Waals surface area contributed by atoms with Crippen LogP contribution in [0.3, 0.4) is 0 Å². The summed E-state index contributed by atoms with van der Waals surface area (Å²) in [6, 6.07) is 0. The van der Waals surface area contributed by atoms with Crippen molar-refractivity contribution in [3.63, 3.8) is 0 Å². The first-order chi connectivity index (χ1) is 15.8. The van der Waals surface area contributed by atoms with E-state index < -0.39 is 73.6 Å². The molecular weight excluding hydrogens is 639 g/mol. The minimum Gasteiger partial charge on any atom is -0.323 e. The SMILES string of the molecule is N[Si](N)(N)C(F)(F)C(F)(F)C(F)(F)C(F)(F)C(F)(F)C(F)(F)C(F)(F)C(F)(F)C(F)(F)C(F)(F)C(F)(F)F. The van der Waals surface area contributed by atoms with E-state index in [1.165, 1.54) is 0 Å². The highest BCUT2D eigenvalue weighted by molar-refractivity contribution is 6.73. The van der Waals surface area contributed by atoms with E-state index in [0.717, 1.165) is 0 Å².